The Kier molecular flexibility index (Phi) is 3.92. The minimum absolute atomic E-state index is 0.0444. The minimum Gasteiger partial charge on any atom is -0.325 e. The lowest BCUT2D eigenvalue weighted by molar-refractivity contribution is 0.449. The van der Waals surface area contributed by atoms with Gasteiger partial charge in [0.2, 0.25) is 0 Å². The molecule has 2 aromatic rings. The van der Waals surface area contributed by atoms with E-state index in [-0.39, 0.29) is 22.8 Å². The van der Waals surface area contributed by atoms with Crippen molar-refractivity contribution in [3.63, 3.8) is 0 Å². The number of rotatable bonds is 4. The van der Waals surface area contributed by atoms with Crippen molar-refractivity contribution < 1.29 is 21.6 Å². The Hall–Kier alpha value is -2.07. The van der Waals surface area contributed by atoms with Gasteiger partial charge in [0, 0.05) is 6.54 Å². The molecule has 1 aromatic carbocycles. The van der Waals surface area contributed by atoms with Crippen molar-refractivity contribution in [3.05, 3.63) is 41.0 Å². The second-order valence-electron chi connectivity index (χ2n) is 4.16. The molecule has 0 aliphatic rings. The summed E-state index contributed by atoms with van der Waals surface area (Å²) in [6, 6.07) is 1.39. The lowest BCUT2D eigenvalue weighted by Gasteiger charge is -2.10. The number of nitrogens with zero attached hydrogens (tertiary/aromatic N) is 1. The summed E-state index contributed by atoms with van der Waals surface area (Å²) in [7, 11) is -4.25. The average molecular weight is 320 g/mol. The lowest BCUT2D eigenvalue weighted by atomic mass is 10.3. The third kappa shape index (κ3) is 2.72. The Morgan fingerprint density at radius 1 is 1.29 bits per heavy atom. The smallest absolute Gasteiger partial charge is 0.265 e. The van der Waals surface area contributed by atoms with Gasteiger partial charge in [0.05, 0.1) is 17.1 Å². The molecule has 0 bridgehead atoms. The van der Waals surface area contributed by atoms with Crippen molar-refractivity contribution in [2.24, 2.45) is 5.73 Å². The highest BCUT2D eigenvalue weighted by Gasteiger charge is 2.26. The Morgan fingerprint density at radius 2 is 1.95 bits per heavy atom. The number of sulfonamides is 1. The molecule has 0 spiro atoms. The first-order valence-electron chi connectivity index (χ1n) is 5.68. The summed E-state index contributed by atoms with van der Waals surface area (Å²) in [4.78, 5) is -0.255. The van der Waals surface area contributed by atoms with Crippen molar-refractivity contribution in [2.45, 2.75) is 18.4 Å². The average Bonchev–Trinajstić information content (AvgIpc) is 2.81. The van der Waals surface area contributed by atoms with Gasteiger partial charge < -0.3 is 5.73 Å². The van der Waals surface area contributed by atoms with E-state index in [0.29, 0.717) is 6.07 Å². The lowest BCUT2D eigenvalue weighted by Crippen LogP contribution is -2.17. The molecule has 6 nitrogen and oxygen atoms in total. The predicted octanol–water partition coefficient (Wildman–Crippen LogP) is 1.39. The fourth-order valence-electron chi connectivity index (χ4n) is 1.76. The molecule has 2 rings (SSSR count). The molecule has 0 unspecified atom stereocenters. The van der Waals surface area contributed by atoms with E-state index in [9.17, 15) is 21.6 Å². The molecule has 10 heteroatoms. The van der Waals surface area contributed by atoms with Crippen LogP contribution in [0.5, 0.6) is 0 Å². The fraction of sp³-hybridized carbons (Fsp3) is 0.182. The number of nitrogens with one attached hydrogen (secondary N) is 2. The van der Waals surface area contributed by atoms with Crippen LogP contribution >= 0.6 is 0 Å². The van der Waals surface area contributed by atoms with Crippen LogP contribution in [0.3, 0.4) is 0 Å². The van der Waals surface area contributed by atoms with Gasteiger partial charge in [-0.3, -0.25) is 9.82 Å². The van der Waals surface area contributed by atoms with E-state index in [0.717, 1.165) is 6.07 Å². The highest BCUT2D eigenvalue weighted by Crippen LogP contribution is 2.25. The molecule has 1 aromatic heterocycles. The summed E-state index contributed by atoms with van der Waals surface area (Å²) < 4.78 is 65.7. The monoisotopic (exact) mass is 320 g/mol. The summed E-state index contributed by atoms with van der Waals surface area (Å²) in [5.74, 6) is -4.82. The van der Waals surface area contributed by atoms with Crippen LogP contribution in [0.2, 0.25) is 0 Å². The molecular formula is C11H11F3N4O2S. The Morgan fingerprint density at radius 3 is 2.57 bits per heavy atom. The van der Waals surface area contributed by atoms with Crippen LogP contribution in [-0.2, 0) is 16.6 Å². The normalized spacial score (nSPS) is 11.7. The topological polar surface area (TPSA) is 101 Å². The largest absolute Gasteiger partial charge is 0.325 e. The first-order chi connectivity index (χ1) is 9.77. The zero-order valence-electron chi connectivity index (χ0n) is 10.7. The van der Waals surface area contributed by atoms with Gasteiger partial charge in [-0.05, 0) is 19.1 Å². The first-order valence-corrected chi connectivity index (χ1v) is 7.16. The zero-order valence-corrected chi connectivity index (χ0v) is 11.6. The summed E-state index contributed by atoms with van der Waals surface area (Å²) in [6.45, 7) is 1.27. The van der Waals surface area contributed by atoms with Crippen LogP contribution in [0.4, 0.5) is 18.9 Å². The maximum absolute atomic E-state index is 13.5. The SMILES string of the molecule is Cc1[nH]nc(CN)c1S(=O)(=O)Nc1ccc(F)c(F)c1F. The quantitative estimate of drug-likeness (QED) is 0.741. The van der Waals surface area contributed by atoms with Gasteiger partial charge in [0.25, 0.3) is 10.0 Å². The standard InChI is InChI=1S/C11H11F3N4O2S/c1-5-11(8(4-15)17-16-5)21(19,20)18-7-3-2-6(12)9(13)10(7)14/h2-3,18H,4,15H2,1H3,(H,16,17). The molecule has 114 valence electrons. The third-order valence-corrected chi connectivity index (χ3v) is 4.27. The highest BCUT2D eigenvalue weighted by molar-refractivity contribution is 7.92. The van der Waals surface area contributed by atoms with Crippen LogP contribution in [0.25, 0.3) is 0 Å². The van der Waals surface area contributed by atoms with Crippen LogP contribution in [-0.4, -0.2) is 18.6 Å². The number of aromatic amines is 1. The Balaban J connectivity index is 2.48. The number of H-pyrrole nitrogens is 1. The van der Waals surface area contributed by atoms with Crippen molar-refractivity contribution in [3.8, 4) is 0 Å². The first kappa shape index (κ1) is 15.3. The minimum atomic E-state index is -4.25. The van der Waals surface area contributed by atoms with Gasteiger partial charge in [0.1, 0.15) is 4.90 Å². The summed E-state index contributed by atoms with van der Waals surface area (Å²) >= 11 is 0. The predicted molar refractivity (Wildman–Crippen MR) is 68.3 cm³/mol. The third-order valence-electron chi connectivity index (χ3n) is 2.70. The number of nitrogens with two attached hydrogens (primary N) is 1. The molecule has 1 heterocycles. The van der Waals surface area contributed by atoms with Crippen molar-refractivity contribution in [1.29, 1.82) is 0 Å². The van der Waals surface area contributed by atoms with E-state index >= 15 is 0 Å². The number of aryl methyl sites for hydroxylation is 1. The van der Waals surface area contributed by atoms with Gasteiger partial charge >= 0.3 is 0 Å². The number of halogens is 3. The number of benzene rings is 1. The molecule has 21 heavy (non-hydrogen) atoms. The molecule has 4 N–H and O–H groups in total. The number of hydrogen-bond acceptors (Lipinski definition) is 4. The van der Waals surface area contributed by atoms with Crippen LogP contribution in [0.15, 0.2) is 17.0 Å². The number of anilines is 1. The molecular weight excluding hydrogens is 309 g/mol. The summed E-state index contributed by atoms with van der Waals surface area (Å²) in [6.07, 6.45) is 0. The molecule has 0 fully saturated rings. The maximum Gasteiger partial charge on any atom is 0.265 e. The van der Waals surface area contributed by atoms with E-state index in [1.165, 1.54) is 6.92 Å². The maximum atomic E-state index is 13.5. The van der Waals surface area contributed by atoms with Crippen LogP contribution < -0.4 is 10.5 Å². The number of hydrogen-bond donors (Lipinski definition) is 3. The summed E-state index contributed by atoms with van der Waals surface area (Å²) in [5.41, 5.74) is 4.89. The molecule has 0 aliphatic heterocycles. The number of aromatic nitrogens is 2. The second kappa shape index (κ2) is 5.37. The molecule has 0 radical (unpaired) electrons. The van der Waals surface area contributed by atoms with Crippen molar-refractivity contribution in [1.82, 2.24) is 10.2 Å². The second-order valence-corrected chi connectivity index (χ2v) is 5.78. The van der Waals surface area contributed by atoms with Gasteiger partial charge in [-0.15, -0.1) is 0 Å². The van der Waals surface area contributed by atoms with Crippen molar-refractivity contribution in [2.75, 3.05) is 4.72 Å². The van der Waals surface area contributed by atoms with E-state index in [4.69, 9.17) is 5.73 Å². The van der Waals surface area contributed by atoms with E-state index < -0.39 is 33.2 Å². The molecule has 0 saturated carbocycles. The Labute approximate surface area is 118 Å². The van der Waals surface area contributed by atoms with Crippen molar-refractivity contribution >= 4 is 15.7 Å². The molecule has 0 saturated heterocycles. The molecule has 0 aliphatic carbocycles. The van der Waals surface area contributed by atoms with E-state index in [1.807, 2.05) is 4.72 Å². The van der Waals surface area contributed by atoms with Crippen LogP contribution in [0, 0.1) is 24.4 Å². The van der Waals surface area contributed by atoms with Crippen LogP contribution in [0.1, 0.15) is 11.4 Å². The van der Waals surface area contributed by atoms with Gasteiger partial charge in [-0.2, -0.15) is 5.10 Å². The Bertz CT molecular complexity index is 789. The molecule has 0 atom stereocenters. The zero-order chi connectivity index (χ0) is 15.8. The van der Waals surface area contributed by atoms with Gasteiger partial charge in [0.15, 0.2) is 17.5 Å². The summed E-state index contributed by atoms with van der Waals surface area (Å²) in [5, 5.41) is 6.14. The fourth-order valence-corrected chi connectivity index (χ4v) is 3.20. The highest BCUT2D eigenvalue weighted by atomic mass is 32.2. The van der Waals surface area contributed by atoms with E-state index in [1.54, 1.807) is 0 Å². The van der Waals surface area contributed by atoms with E-state index in [2.05, 4.69) is 10.2 Å². The van der Waals surface area contributed by atoms with Gasteiger partial charge in [-0.1, -0.05) is 0 Å². The van der Waals surface area contributed by atoms with Gasteiger partial charge in [-0.25, -0.2) is 21.6 Å². The molecule has 0 amide bonds.